The first-order valence-corrected chi connectivity index (χ1v) is 5.87. The lowest BCUT2D eigenvalue weighted by atomic mass is 9.79. The van der Waals surface area contributed by atoms with Gasteiger partial charge in [0.2, 0.25) is 0 Å². The predicted molar refractivity (Wildman–Crippen MR) is 61.0 cm³/mol. The maximum Gasteiger partial charge on any atom is 0.306 e. The Morgan fingerprint density at radius 3 is 2.69 bits per heavy atom. The van der Waals surface area contributed by atoms with Gasteiger partial charge in [0.15, 0.2) is 0 Å². The molecule has 1 aliphatic carbocycles. The highest BCUT2D eigenvalue weighted by Gasteiger charge is 2.25. The topological polar surface area (TPSA) is 50.2 Å². The average Bonchev–Trinajstić information content (AvgIpc) is 2.31. The number of aromatic nitrogens is 1. The molecule has 1 saturated carbocycles. The van der Waals surface area contributed by atoms with Crippen LogP contribution in [0.3, 0.4) is 0 Å². The van der Waals surface area contributed by atoms with Crippen molar-refractivity contribution in [3.05, 3.63) is 30.1 Å². The molecule has 86 valence electrons. The molecular weight excluding hydrogens is 202 g/mol. The van der Waals surface area contributed by atoms with Crippen LogP contribution in [0.4, 0.5) is 0 Å². The van der Waals surface area contributed by atoms with Gasteiger partial charge in [0.25, 0.3) is 0 Å². The number of carboxylic acid groups (broad SMARTS) is 1. The smallest absolute Gasteiger partial charge is 0.306 e. The van der Waals surface area contributed by atoms with E-state index in [9.17, 15) is 4.79 Å². The van der Waals surface area contributed by atoms with Gasteiger partial charge in [-0.15, -0.1) is 0 Å². The third-order valence-electron chi connectivity index (χ3n) is 3.44. The number of carboxylic acids is 1. The van der Waals surface area contributed by atoms with Gasteiger partial charge in [-0.05, 0) is 49.7 Å². The summed E-state index contributed by atoms with van der Waals surface area (Å²) in [4.78, 5) is 14.9. The molecule has 0 saturated heterocycles. The van der Waals surface area contributed by atoms with Crippen molar-refractivity contribution < 1.29 is 9.90 Å². The Morgan fingerprint density at radius 1 is 1.38 bits per heavy atom. The fourth-order valence-electron chi connectivity index (χ4n) is 2.47. The molecule has 1 heterocycles. The monoisotopic (exact) mass is 219 g/mol. The molecular formula is C13H17NO2. The summed E-state index contributed by atoms with van der Waals surface area (Å²) in [6.07, 6.45) is 8.46. The highest BCUT2D eigenvalue weighted by atomic mass is 16.4. The van der Waals surface area contributed by atoms with Crippen molar-refractivity contribution in [1.29, 1.82) is 0 Å². The maximum atomic E-state index is 10.8. The van der Waals surface area contributed by atoms with Gasteiger partial charge < -0.3 is 5.11 Å². The maximum absolute atomic E-state index is 10.8. The number of pyridine rings is 1. The Hall–Kier alpha value is -1.38. The molecule has 1 fully saturated rings. The molecule has 3 nitrogen and oxygen atoms in total. The normalized spacial score (nSPS) is 25.2. The zero-order chi connectivity index (χ0) is 11.4. The van der Waals surface area contributed by atoms with Gasteiger partial charge >= 0.3 is 5.97 Å². The molecule has 16 heavy (non-hydrogen) atoms. The van der Waals surface area contributed by atoms with Gasteiger partial charge in [-0.2, -0.15) is 0 Å². The molecule has 0 unspecified atom stereocenters. The van der Waals surface area contributed by atoms with E-state index < -0.39 is 5.97 Å². The highest BCUT2D eigenvalue weighted by Crippen LogP contribution is 2.30. The summed E-state index contributed by atoms with van der Waals surface area (Å²) < 4.78 is 0. The van der Waals surface area contributed by atoms with Crippen molar-refractivity contribution in [3.63, 3.8) is 0 Å². The minimum absolute atomic E-state index is 0.106. The quantitative estimate of drug-likeness (QED) is 0.849. The van der Waals surface area contributed by atoms with E-state index in [0.29, 0.717) is 5.92 Å². The van der Waals surface area contributed by atoms with Crippen molar-refractivity contribution in [1.82, 2.24) is 4.98 Å². The highest BCUT2D eigenvalue weighted by molar-refractivity contribution is 5.69. The van der Waals surface area contributed by atoms with Gasteiger partial charge in [0, 0.05) is 12.4 Å². The Balaban J connectivity index is 1.84. The summed E-state index contributed by atoms with van der Waals surface area (Å²) in [5, 5.41) is 8.90. The second-order valence-corrected chi connectivity index (χ2v) is 4.62. The van der Waals surface area contributed by atoms with Crippen LogP contribution in [0, 0.1) is 11.8 Å². The van der Waals surface area contributed by atoms with Gasteiger partial charge in [-0.25, -0.2) is 0 Å². The second-order valence-electron chi connectivity index (χ2n) is 4.62. The lowest BCUT2D eigenvalue weighted by molar-refractivity contribution is -0.143. The van der Waals surface area contributed by atoms with Crippen LogP contribution in [0.25, 0.3) is 0 Å². The summed E-state index contributed by atoms with van der Waals surface area (Å²) in [5.74, 6) is -0.0928. The molecule has 2 rings (SSSR count). The molecule has 0 radical (unpaired) electrons. The summed E-state index contributed by atoms with van der Waals surface area (Å²) in [5.41, 5.74) is 1.27. The number of nitrogens with zero attached hydrogens (tertiary/aromatic N) is 1. The molecule has 0 aromatic carbocycles. The standard InChI is InChI=1S/C13H17NO2/c15-13(16)12-5-3-10(4-6-12)8-11-2-1-7-14-9-11/h1-2,7,9-10,12H,3-6,8H2,(H,15,16). The van der Waals surface area contributed by atoms with E-state index in [1.165, 1.54) is 5.56 Å². The zero-order valence-corrected chi connectivity index (χ0v) is 9.30. The SMILES string of the molecule is O=C(O)C1CCC(Cc2cccnc2)CC1. The van der Waals surface area contributed by atoms with Crippen LogP contribution in [0.5, 0.6) is 0 Å². The second kappa shape index (κ2) is 5.10. The van der Waals surface area contributed by atoms with Crippen molar-refractivity contribution in [3.8, 4) is 0 Å². The van der Waals surface area contributed by atoms with E-state index in [1.807, 2.05) is 12.3 Å². The summed E-state index contributed by atoms with van der Waals surface area (Å²) >= 11 is 0. The molecule has 1 aromatic rings. The molecule has 1 N–H and O–H groups in total. The van der Waals surface area contributed by atoms with E-state index in [-0.39, 0.29) is 5.92 Å². The lowest BCUT2D eigenvalue weighted by Gasteiger charge is -2.25. The molecule has 1 aliphatic rings. The van der Waals surface area contributed by atoms with E-state index in [0.717, 1.165) is 32.1 Å². The van der Waals surface area contributed by atoms with Gasteiger partial charge in [0.1, 0.15) is 0 Å². The minimum Gasteiger partial charge on any atom is -0.481 e. The van der Waals surface area contributed by atoms with Gasteiger partial charge in [0.05, 0.1) is 5.92 Å². The largest absolute Gasteiger partial charge is 0.481 e. The van der Waals surface area contributed by atoms with Crippen LogP contribution in [0.1, 0.15) is 31.2 Å². The van der Waals surface area contributed by atoms with Crippen LogP contribution in [-0.2, 0) is 11.2 Å². The Bertz CT molecular complexity index is 342. The van der Waals surface area contributed by atoms with Crippen molar-refractivity contribution in [2.24, 2.45) is 11.8 Å². The number of carbonyl (C=O) groups is 1. The molecule has 0 spiro atoms. The summed E-state index contributed by atoms with van der Waals surface area (Å²) in [6.45, 7) is 0. The van der Waals surface area contributed by atoms with Crippen LogP contribution in [0.15, 0.2) is 24.5 Å². The molecule has 3 heteroatoms. The molecule has 0 bridgehead atoms. The predicted octanol–water partition coefficient (Wildman–Crippen LogP) is 2.52. The van der Waals surface area contributed by atoms with Crippen molar-refractivity contribution in [2.45, 2.75) is 32.1 Å². The van der Waals surface area contributed by atoms with Crippen LogP contribution in [0.2, 0.25) is 0 Å². The number of hydrogen-bond acceptors (Lipinski definition) is 2. The molecule has 0 amide bonds. The lowest BCUT2D eigenvalue weighted by Crippen LogP contribution is -2.22. The van der Waals surface area contributed by atoms with E-state index >= 15 is 0 Å². The Morgan fingerprint density at radius 2 is 2.12 bits per heavy atom. The Labute approximate surface area is 95.5 Å². The first kappa shape index (κ1) is 11.1. The van der Waals surface area contributed by atoms with E-state index in [2.05, 4.69) is 11.1 Å². The number of aliphatic carboxylic acids is 1. The molecule has 1 aromatic heterocycles. The van der Waals surface area contributed by atoms with Gasteiger partial charge in [-0.1, -0.05) is 6.07 Å². The molecule has 0 aliphatic heterocycles. The molecule has 0 atom stereocenters. The van der Waals surface area contributed by atoms with Crippen molar-refractivity contribution in [2.75, 3.05) is 0 Å². The van der Waals surface area contributed by atoms with Crippen molar-refractivity contribution >= 4 is 5.97 Å². The van der Waals surface area contributed by atoms with Crippen LogP contribution < -0.4 is 0 Å². The van der Waals surface area contributed by atoms with Crippen LogP contribution >= 0.6 is 0 Å². The summed E-state index contributed by atoms with van der Waals surface area (Å²) in [6, 6.07) is 4.05. The van der Waals surface area contributed by atoms with Crippen LogP contribution in [-0.4, -0.2) is 16.1 Å². The summed E-state index contributed by atoms with van der Waals surface area (Å²) in [7, 11) is 0. The third kappa shape index (κ3) is 2.81. The fourth-order valence-corrected chi connectivity index (χ4v) is 2.47. The minimum atomic E-state index is -0.625. The van der Waals surface area contributed by atoms with Gasteiger partial charge in [-0.3, -0.25) is 9.78 Å². The number of rotatable bonds is 3. The zero-order valence-electron chi connectivity index (χ0n) is 9.30. The fraction of sp³-hybridized carbons (Fsp3) is 0.538. The Kier molecular flexibility index (Phi) is 3.54. The average molecular weight is 219 g/mol. The third-order valence-corrected chi connectivity index (χ3v) is 3.44. The first-order valence-electron chi connectivity index (χ1n) is 5.87. The first-order chi connectivity index (χ1) is 7.75. The van der Waals surface area contributed by atoms with E-state index in [4.69, 9.17) is 5.11 Å². The van der Waals surface area contributed by atoms with E-state index in [1.54, 1.807) is 6.20 Å². The number of hydrogen-bond donors (Lipinski definition) is 1.